The maximum Gasteiger partial charge on any atom is 0.163 e. The summed E-state index contributed by atoms with van der Waals surface area (Å²) in [5.41, 5.74) is 4.61. The molecule has 1 unspecified atom stereocenters. The average Bonchev–Trinajstić information content (AvgIpc) is 3.24. The van der Waals surface area contributed by atoms with Crippen LogP contribution in [0.25, 0.3) is 11.4 Å². The van der Waals surface area contributed by atoms with Gasteiger partial charge in [-0.25, -0.2) is 9.97 Å². The van der Waals surface area contributed by atoms with Crippen molar-refractivity contribution < 1.29 is 4.74 Å². The maximum atomic E-state index is 5.79. The smallest absolute Gasteiger partial charge is 0.163 e. The molecular formula is C25H31N5O. The molecule has 0 saturated carbocycles. The first-order chi connectivity index (χ1) is 15.0. The van der Waals surface area contributed by atoms with E-state index in [0.717, 1.165) is 54.5 Å². The van der Waals surface area contributed by atoms with Crippen molar-refractivity contribution in [3.8, 4) is 17.1 Å². The zero-order chi connectivity index (χ0) is 21.8. The minimum atomic E-state index is 0.172. The largest absolute Gasteiger partial charge is 0.491 e. The molecule has 2 aromatic heterocycles. The predicted octanol–water partition coefficient (Wildman–Crippen LogP) is 4.53. The van der Waals surface area contributed by atoms with E-state index in [2.05, 4.69) is 53.6 Å². The van der Waals surface area contributed by atoms with Gasteiger partial charge in [0, 0.05) is 35.8 Å². The van der Waals surface area contributed by atoms with Crippen molar-refractivity contribution in [3.05, 3.63) is 65.6 Å². The standard InChI is InChI=1S/C25H31N5O/c1-17(2)31-20-12-10-18(11-13-20)23(30(3)4)16-27-25-21-8-5-9-22(21)28-24(29-25)19-7-6-14-26-15-19/h6-7,10-15,17,23H,5,8-9,16H2,1-4H3,(H,27,28,29). The third kappa shape index (κ3) is 5.02. The van der Waals surface area contributed by atoms with Gasteiger partial charge in [-0.1, -0.05) is 12.1 Å². The van der Waals surface area contributed by atoms with Crippen LogP contribution in [0.2, 0.25) is 0 Å². The Bertz CT molecular complexity index is 1000. The number of likely N-dealkylation sites (N-methyl/N-ethyl adjacent to an activating group) is 1. The van der Waals surface area contributed by atoms with Gasteiger partial charge in [-0.2, -0.15) is 0 Å². The highest BCUT2D eigenvalue weighted by molar-refractivity contribution is 5.60. The number of nitrogens with one attached hydrogen (secondary N) is 1. The molecule has 0 radical (unpaired) electrons. The van der Waals surface area contributed by atoms with Crippen molar-refractivity contribution in [2.24, 2.45) is 0 Å². The normalized spacial score (nSPS) is 14.0. The van der Waals surface area contributed by atoms with Gasteiger partial charge in [0.05, 0.1) is 12.1 Å². The van der Waals surface area contributed by atoms with E-state index < -0.39 is 0 Å². The molecule has 6 heteroatoms. The molecule has 0 spiro atoms. The summed E-state index contributed by atoms with van der Waals surface area (Å²) >= 11 is 0. The number of anilines is 1. The van der Waals surface area contributed by atoms with E-state index in [0.29, 0.717) is 0 Å². The van der Waals surface area contributed by atoms with Crippen LogP contribution in [0, 0.1) is 0 Å². The Labute approximate surface area is 184 Å². The SMILES string of the molecule is CC(C)Oc1ccc(C(CNc2nc(-c3cccnc3)nc3c2CCC3)N(C)C)cc1. The van der Waals surface area contributed by atoms with Crippen molar-refractivity contribution in [2.45, 2.75) is 45.3 Å². The number of ether oxygens (including phenoxy) is 1. The monoisotopic (exact) mass is 417 g/mol. The lowest BCUT2D eigenvalue weighted by atomic mass is 10.1. The van der Waals surface area contributed by atoms with Gasteiger partial charge in [-0.3, -0.25) is 4.98 Å². The summed E-state index contributed by atoms with van der Waals surface area (Å²) < 4.78 is 5.79. The van der Waals surface area contributed by atoms with Crippen molar-refractivity contribution in [2.75, 3.05) is 26.0 Å². The molecule has 6 nitrogen and oxygen atoms in total. The molecule has 0 bridgehead atoms. The highest BCUT2D eigenvalue weighted by Crippen LogP contribution is 2.30. The minimum Gasteiger partial charge on any atom is -0.491 e. The second kappa shape index (κ2) is 9.43. The number of aryl methyl sites for hydroxylation is 1. The molecule has 2 heterocycles. The molecule has 1 aliphatic carbocycles. The van der Waals surface area contributed by atoms with Crippen LogP contribution in [-0.2, 0) is 12.8 Å². The molecule has 31 heavy (non-hydrogen) atoms. The molecular weight excluding hydrogens is 386 g/mol. The van der Waals surface area contributed by atoms with Crippen LogP contribution in [0.4, 0.5) is 5.82 Å². The summed E-state index contributed by atoms with van der Waals surface area (Å²) in [5.74, 6) is 2.60. The molecule has 0 saturated heterocycles. The molecule has 4 rings (SSSR count). The lowest BCUT2D eigenvalue weighted by molar-refractivity contribution is 0.242. The van der Waals surface area contributed by atoms with E-state index >= 15 is 0 Å². The lowest BCUT2D eigenvalue weighted by Gasteiger charge is -2.26. The van der Waals surface area contributed by atoms with Crippen LogP contribution < -0.4 is 10.1 Å². The van der Waals surface area contributed by atoms with Crippen molar-refractivity contribution in [3.63, 3.8) is 0 Å². The molecule has 3 aromatic rings. The number of hydrogen-bond acceptors (Lipinski definition) is 6. The summed E-state index contributed by atoms with van der Waals surface area (Å²) in [6.07, 6.45) is 6.93. The van der Waals surface area contributed by atoms with Crippen LogP contribution in [0.3, 0.4) is 0 Å². The van der Waals surface area contributed by atoms with Gasteiger partial charge in [0.25, 0.3) is 0 Å². The second-order valence-corrected chi connectivity index (χ2v) is 8.51. The van der Waals surface area contributed by atoms with Crippen LogP contribution in [-0.4, -0.2) is 46.6 Å². The molecule has 0 fully saturated rings. The number of rotatable bonds is 8. The predicted molar refractivity (Wildman–Crippen MR) is 124 cm³/mol. The summed E-state index contributed by atoms with van der Waals surface area (Å²) in [7, 11) is 4.21. The number of hydrogen-bond donors (Lipinski definition) is 1. The van der Waals surface area contributed by atoms with Crippen LogP contribution in [0.5, 0.6) is 5.75 Å². The molecule has 1 aromatic carbocycles. The topological polar surface area (TPSA) is 63.2 Å². The molecule has 1 aliphatic rings. The summed E-state index contributed by atoms with van der Waals surface area (Å²) in [4.78, 5) is 16.2. The summed E-state index contributed by atoms with van der Waals surface area (Å²) in [6, 6.07) is 12.5. The molecule has 162 valence electrons. The van der Waals surface area contributed by atoms with Crippen molar-refractivity contribution >= 4 is 5.82 Å². The third-order valence-electron chi connectivity index (χ3n) is 5.58. The van der Waals surface area contributed by atoms with Gasteiger partial charge in [-0.15, -0.1) is 0 Å². The lowest BCUT2D eigenvalue weighted by Crippen LogP contribution is -2.27. The van der Waals surface area contributed by atoms with Gasteiger partial charge in [0.1, 0.15) is 11.6 Å². The Kier molecular flexibility index (Phi) is 6.47. The van der Waals surface area contributed by atoms with Gasteiger partial charge in [0.15, 0.2) is 5.82 Å². The Morgan fingerprint density at radius 2 is 1.87 bits per heavy atom. The third-order valence-corrected chi connectivity index (χ3v) is 5.58. The fourth-order valence-electron chi connectivity index (χ4n) is 4.04. The van der Waals surface area contributed by atoms with E-state index in [4.69, 9.17) is 14.7 Å². The van der Waals surface area contributed by atoms with E-state index in [-0.39, 0.29) is 12.1 Å². The van der Waals surface area contributed by atoms with Gasteiger partial charge in [0.2, 0.25) is 0 Å². The first-order valence-electron chi connectivity index (χ1n) is 11.0. The van der Waals surface area contributed by atoms with E-state index in [1.54, 1.807) is 6.20 Å². The first kappa shape index (κ1) is 21.2. The van der Waals surface area contributed by atoms with Crippen molar-refractivity contribution in [1.29, 1.82) is 0 Å². The molecule has 0 amide bonds. The molecule has 0 aliphatic heterocycles. The number of fused-ring (bicyclic) bond motifs is 1. The number of aromatic nitrogens is 3. The van der Waals surface area contributed by atoms with Crippen LogP contribution in [0.1, 0.15) is 43.1 Å². The Morgan fingerprint density at radius 1 is 1.06 bits per heavy atom. The molecule has 1 N–H and O–H groups in total. The van der Waals surface area contributed by atoms with Gasteiger partial charge in [-0.05, 0) is 77.0 Å². The maximum absolute atomic E-state index is 5.79. The number of nitrogens with zero attached hydrogens (tertiary/aromatic N) is 4. The first-order valence-corrected chi connectivity index (χ1v) is 11.0. The highest BCUT2D eigenvalue weighted by atomic mass is 16.5. The van der Waals surface area contributed by atoms with Crippen LogP contribution >= 0.6 is 0 Å². The Morgan fingerprint density at radius 3 is 2.55 bits per heavy atom. The number of pyridine rings is 1. The minimum absolute atomic E-state index is 0.172. The fraction of sp³-hybridized carbons (Fsp3) is 0.400. The summed E-state index contributed by atoms with van der Waals surface area (Å²) in [5, 5.41) is 3.64. The number of benzene rings is 1. The van der Waals surface area contributed by atoms with E-state index in [9.17, 15) is 0 Å². The quantitative estimate of drug-likeness (QED) is 0.581. The highest BCUT2D eigenvalue weighted by Gasteiger charge is 2.22. The van der Waals surface area contributed by atoms with Crippen LogP contribution in [0.15, 0.2) is 48.8 Å². The van der Waals surface area contributed by atoms with Gasteiger partial charge < -0.3 is 15.0 Å². The van der Waals surface area contributed by atoms with E-state index in [1.165, 1.54) is 11.1 Å². The zero-order valence-electron chi connectivity index (χ0n) is 18.8. The molecule has 1 atom stereocenters. The fourth-order valence-corrected chi connectivity index (χ4v) is 4.04. The second-order valence-electron chi connectivity index (χ2n) is 8.51. The van der Waals surface area contributed by atoms with E-state index in [1.807, 2.05) is 32.2 Å². The Hall–Kier alpha value is -2.99. The van der Waals surface area contributed by atoms with Crippen molar-refractivity contribution in [1.82, 2.24) is 19.9 Å². The van der Waals surface area contributed by atoms with Gasteiger partial charge >= 0.3 is 0 Å². The summed E-state index contributed by atoms with van der Waals surface area (Å²) in [6.45, 7) is 4.84. The zero-order valence-corrected chi connectivity index (χ0v) is 18.8. The Balaban J connectivity index is 1.56. The average molecular weight is 418 g/mol.